The fourth-order valence-corrected chi connectivity index (χ4v) is 14.5. The van der Waals surface area contributed by atoms with Crippen molar-refractivity contribution in [2.45, 2.75) is 38.5 Å². The Morgan fingerprint density at radius 1 is 0.244 bits per heavy atom. The van der Waals surface area contributed by atoms with Crippen molar-refractivity contribution in [2.24, 2.45) is 0 Å². The van der Waals surface area contributed by atoms with E-state index in [9.17, 15) is 0 Å². The van der Waals surface area contributed by atoms with Gasteiger partial charge in [-0.05, 0) is 171 Å². The van der Waals surface area contributed by atoms with Gasteiger partial charge in [0.1, 0.15) is 0 Å². The highest BCUT2D eigenvalue weighted by atomic mass is 15.1. The first-order valence-electron chi connectivity index (χ1n) is 31.5. The summed E-state index contributed by atoms with van der Waals surface area (Å²) in [5.41, 5.74) is 26.5. The fraction of sp³-hybridized carbons (Fsp3) is 0.0682. The van der Waals surface area contributed by atoms with Crippen molar-refractivity contribution in [1.29, 1.82) is 0 Å². The second-order valence-corrected chi connectivity index (χ2v) is 25.3. The summed E-state index contributed by atoms with van der Waals surface area (Å²) in [6, 6.07) is 112. The molecule has 0 spiro atoms. The van der Waals surface area contributed by atoms with Crippen molar-refractivity contribution in [3.63, 3.8) is 0 Å². The molecule has 14 aromatic carbocycles. The Labute approximate surface area is 528 Å². The Bertz CT molecular complexity index is 4830. The summed E-state index contributed by atoms with van der Waals surface area (Å²) >= 11 is 0. The molecule has 2 aliphatic carbocycles. The van der Waals surface area contributed by atoms with E-state index in [0.717, 1.165) is 34.1 Å². The van der Waals surface area contributed by atoms with Gasteiger partial charge in [-0.3, -0.25) is 0 Å². The average Bonchev–Trinajstić information content (AvgIpc) is 1.63. The molecule has 0 unspecified atom stereocenters. The predicted octanol–water partition coefficient (Wildman–Crippen LogP) is 24.4. The van der Waals surface area contributed by atoms with Crippen molar-refractivity contribution >= 4 is 90.7 Å². The number of nitrogens with zero attached hydrogens (tertiary/aromatic N) is 2. The van der Waals surface area contributed by atoms with Crippen LogP contribution in [-0.2, 0) is 10.8 Å². The summed E-state index contributed by atoms with van der Waals surface area (Å²) in [5, 5.41) is 7.34. The SMILES string of the molecule is CC1(C)c2cc(C=Cc3ccc(C=Cc4ccc5c(c4)C(C)(C)c4cc(N(c6ccc(-c7ccccc7)cc6)c6cccc7ccccc67)ccc4-5)c4ccccc34)ccc2-c2ccc(N(c3ccc(-c4ccccc4)cc3)c3cccc4ccccc34)cc21. The van der Waals surface area contributed by atoms with Gasteiger partial charge in [0, 0.05) is 44.4 Å². The van der Waals surface area contributed by atoms with Gasteiger partial charge in [-0.15, -0.1) is 0 Å². The first-order chi connectivity index (χ1) is 44.1. The summed E-state index contributed by atoms with van der Waals surface area (Å²) < 4.78 is 0. The third-order valence-corrected chi connectivity index (χ3v) is 19.3. The van der Waals surface area contributed by atoms with Crippen LogP contribution in [0.3, 0.4) is 0 Å². The van der Waals surface area contributed by atoms with Crippen LogP contribution in [0.4, 0.5) is 34.1 Å². The Balaban J connectivity index is 0.669. The maximum Gasteiger partial charge on any atom is 0.0540 e. The zero-order chi connectivity index (χ0) is 60.5. The van der Waals surface area contributed by atoms with Gasteiger partial charge in [-0.1, -0.05) is 295 Å². The Kier molecular flexibility index (Phi) is 13.3. The molecule has 16 rings (SSSR count). The monoisotopic (exact) mass is 1150 g/mol. The van der Waals surface area contributed by atoms with Crippen LogP contribution in [0.25, 0.3) is 101 Å². The lowest BCUT2D eigenvalue weighted by molar-refractivity contribution is 0.660. The highest BCUT2D eigenvalue weighted by molar-refractivity contribution is 6.03. The molecule has 0 atom stereocenters. The van der Waals surface area contributed by atoms with E-state index in [4.69, 9.17) is 0 Å². The Hall–Kier alpha value is -11.1. The van der Waals surface area contributed by atoms with Crippen molar-refractivity contribution in [2.75, 3.05) is 9.80 Å². The van der Waals surface area contributed by atoms with Crippen LogP contribution in [0, 0.1) is 0 Å². The lowest BCUT2D eigenvalue weighted by atomic mass is 9.81. The second kappa shape index (κ2) is 22.0. The zero-order valence-electron chi connectivity index (χ0n) is 51.1. The lowest BCUT2D eigenvalue weighted by Gasteiger charge is -2.29. The molecule has 0 saturated heterocycles. The minimum Gasteiger partial charge on any atom is -0.310 e. The summed E-state index contributed by atoms with van der Waals surface area (Å²) in [6.45, 7) is 9.55. The second-order valence-electron chi connectivity index (χ2n) is 25.3. The molecular formula is C88H66N2. The van der Waals surface area contributed by atoms with Crippen molar-refractivity contribution in [3.8, 4) is 44.5 Å². The molecule has 2 nitrogen and oxygen atoms in total. The van der Waals surface area contributed by atoms with E-state index < -0.39 is 0 Å². The topological polar surface area (TPSA) is 6.48 Å². The van der Waals surface area contributed by atoms with Crippen LogP contribution in [0.15, 0.2) is 303 Å². The molecule has 90 heavy (non-hydrogen) atoms. The summed E-state index contributed by atoms with van der Waals surface area (Å²) in [5.74, 6) is 0. The summed E-state index contributed by atoms with van der Waals surface area (Å²) in [6.07, 6.45) is 9.18. The molecule has 2 heteroatoms. The van der Waals surface area contributed by atoms with E-state index in [1.165, 1.54) is 121 Å². The van der Waals surface area contributed by atoms with E-state index in [1.54, 1.807) is 0 Å². The van der Waals surface area contributed by atoms with E-state index in [0.29, 0.717) is 0 Å². The number of hydrogen-bond acceptors (Lipinski definition) is 2. The predicted molar refractivity (Wildman–Crippen MR) is 385 cm³/mol. The van der Waals surface area contributed by atoms with Gasteiger partial charge in [-0.2, -0.15) is 0 Å². The molecule has 428 valence electrons. The fourth-order valence-electron chi connectivity index (χ4n) is 14.5. The first-order valence-corrected chi connectivity index (χ1v) is 31.5. The van der Waals surface area contributed by atoms with E-state index in [1.807, 2.05) is 0 Å². The molecule has 0 saturated carbocycles. The van der Waals surface area contributed by atoms with Crippen LogP contribution >= 0.6 is 0 Å². The minimum absolute atomic E-state index is 0.230. The third-order valence-electron chi connectivity index (χ3n) is 19.3. The van der Waals surface area contributed by atoms with Crippen LogP contribution in [0.2, 0.25) is 0 Å². The number of benzene rings is 14. The van der Waals surface area contributed by atoms with Gasteiger partial charge < -0.3 is 9.80 Å². The smallest absolute Gasteiger partial charge is 0.0540 e. The highest BCUT2D eigenvalue weighted by Crippen LogP contribution is 2.54. The lowest BCUT2D eigenvalue weighted by Crippen LogP contribution is -2.17. The average molecular weight is 1150 g/mol. The van der Waals surface area contributed by atoms with Gasteiger partial charge in [-0.25, -0.2) is 0 Å². The normalized spacial score (nSPS) is 13.4. The van der Waals surface area contributed by atoms with Crippen LogP contribution in [0.5, 0.6) is 0 Å². The first kappa shape index (κ1) is 54.3. The van der Waals surface area contributed by atoms with Gasteiger partial charge >= 0.3 is 0 Å². The summed E-state index contributed by atoms with van der Waals surface area (Å²) in [4.78, 5) is 4.87. The Morgan fingerprint density at radius 3 is 0.978 bits per heavy atom. The molecule has 0 fully saturated rings. The minimum atomic E-state index is -0.230. The standard InChI is InChI=1S/C88H66N2/c1-87(2)81-55-59(35-51-77(81)79-53-49-71(57-83(79)87)89(85-31-17-25-65-23-11-13-29-75(65)85)69-45-41-63(42-46-69)61-19-7-5-8-20-61)33-37-67-39-40-68(74-28-16-15-27-73(67)74)38-34-60-36-52-78-80-54-50-72(58-84(80)88(3,4)82(78)56-60)90(86-32-18-26-66-24-12-14-30-76(66)86)70-47-43-64(44-48-70)62-21-9-6-10-22-62/h5-58H,1-4H3. The van der Waals surface area contributed by atoms with Gasteiger partial charge in [0.05, 0.1) is 11.4 Å². The Morgan fingerprint density at radius 2 is 0.567 bits per heavy atom. The van der Waals surface area contributed by atoms with Crippen molar-refractivity contribution in [3.05, 3.63) is 348 Å². The molecule has 0 heterocycles. The van der Waals surface area contributed by atoms with Gasteiger partial charge in [0.25, 0.3) is 0 Å². The van der Waals surface area contributed by atoms with Gasteiger partial charge in [0.15, 0.2) is 0 Å². The van der Waals surface area contributed by atoms with Crippen molar-refractivity contribution < 1.29 is 0 Å². The molecule has 0 aromatic heterocycles. The van der Waals surface area contributed by atoms with E-state index >= 15 is 0 Å². The van der Waals surface area contributed by atoms with Crippen LogP contribution in [0.1, 0.15) is 72.2 Å². The maximum absolute atomic E-state index is 2.44. The molecule has 0 radical (unpaired) electrons. The third kappa shape index (κ3) is 9.43. The van der Waals surface area contributed by atoms with E-state index in [2.05, 4.69) is 365 Å². The van der Waals surface area contributed by atoms with E-state index in [-0.39, 0.29) is 10.8 Å². The van der Waals surface area contributed by atoms with Crippen LogP contribution < -0.4 is 9.80 Å². The van der Waals surface area contributed by atoms with Crippen molar-refractivity contribution in [1.82, 2.24) is 0 Å². The molecule has 0 aliphatic heterocycles. The maximum atomic E-state index is 2.44. The largest absolute Gasteiger partial charge is 0.310 e. The number of anilines is 6. The number of hydrogen-bond donors (Lipinski definition) is 0. The number of rotatable bonds is 12. The molecular weight excluding hydrogens is 1080 g/mol. The molecule has 0 bridgehead atoms. The highest BCUT2D eigenvalue weighted by Gasteiger charge is 2.38. The molecule has 0 amide bonds. The van der Waals surface area contributed by atoms with Crippen LogP contribution in [-0.4, -0.2) is 0 Å². The zero-order valence-corrected chi connectivity index (χ0v) is 51.1. The molecule has 2 aliphatic rings. The van der Waals surface area contributed by atoms with Gasteiger partial charge in [0.2, 0.25) is 0 Å². The molecule has 0 N–H and O–H groups in total. The quantitative estimate of drug-likeness (QED) is 0.113. The summed E-state index contributed by atoms with van der Waals surface area (Å²) in [7, 11) is 0. The number of fused-ring (bicyclic) bond motifs is 9. The molecule has 14 aromatic rings.